The Morgan fingerprint density at radius 3 is 2.89 bits per heavy atom. The number of halogens is 1. The third kappa shape index (κ3) is 2.16. The molecule has 0 bridgehead atoms. The second-order valence-electron chi connectivity index (χ2n) is 5.15. The van der Waals surface area contributed by atoms with Gasteiger partial charge in [0.15, 0.2) is 0 Å². The molecule has 0 aliphatic carbocycles. The highest BCUT2D eigenvalue weighted by atomic mass is 19.1. The van der Waals surface area contributed by atoms with Gasteiger partial charge in [-0.05, 0) is 48.7 Å². The third-order valence-corrected chi connectivity index (χ3v) is 3.79. The summed E-state index contributed by atoms with van der Waals surface area (Å²) in [5.74, 6) is -0.232. The molecule has 0 saturated heterocycles. The van der Waals surface area contributed by atoms with Crippen LogP contribution in [-0.4, -0.2) is 6.04 Å². The Labute approximate surface area is 112 Å². The third-order valence-electron chi connectivity index (χ3n) is 3.79. The molecule has 1 heterocycles. The van der Waals surface area contributed by atoms with Crippen LogP contribution in [0.25, 0.3) is 0 Å². The summed E-state index contributed by atoms with van der Waals surface area (Å²) in [5, 5.41) is 0. The van der Waals surface area contributed by atoms with Crippen molar-refractivity contribution in [2.45, 2.75) is 25.9 Å². The Hall–Kier alpha value is -2.03. The van der Waals surface area contributed by atoms with Crippen molar-refractivity contribution < 1.29 is 4.39 Å². The van der Waals surface area contributed by atoms with Crippen LogP contribution in [-0.2, 0) is 13.0 Å². The van der Waals surface area contributed by atoms with E-state index in [0.29, 0.717) is 18.3 Å². The monoisotopic (exact) mass is 256 g/mol. The molecule has 98 valence electrons. The largest absolute Gasteiger partial charge is 0.398 e. The highest BCUT2D eigenvalue weighted by Crippen LogP contribution is 2.33. The smallest absolute Gasteiger partial charge is 0.123 e. The highest BCUT2D eigenvalue weighted by molar-refractivity contribution is 5.60. The number of hydrogen-bond donors (Lipinski definition) is 1. The highest BCUT2D eigenvalue weighted by Gasteiger charge is 2.25. The molecule has 1 aliphatic rings. The van der Waals surface area contributed by atoms with Gasteiger partial charge >= 0.3 is 0 Å². The summed E-state index contributed by atoms with van der Waals surface area (Å²) in [7, 11) is 0. The fraction of sp³-hybridized carbons (Fsp3) is 0.250. The second kappa shape index (κ2) is 4.57. The molecular formula is C16H17FN2. The van der Waals surface area contributed by atoms with Crippen LogP contribution in [0.15, 0.2) is 42.5 Å². The topological polar surface area (TPSA) is 29.3 Å². The Kier molecular flexibility index (Phi) is 2.90. The molecule has 0 aromatic heterocycles. The average Bonchev–Trinajstić information content (AvgIpc) is 2.71. The maximum atomic E-state index is 13.3. The summed E-state index contributed by atoms with van der Waals surface area (Å²) in [6.45, 7) is 2.84. The number of hydrogen-bond acceptors (Lipinski definition) is 2. The predicted octanol–water partition coefficient (Wildman–Crippen LogP) is 3.36. The molecule has 0 spiro atoms. The van der Waals surface area contributed by atoms with E-state index in [0.717, 1.165) is 12.0 Å². The van der Waals surface area contributed by atoms with Crippen molar-refractivity contribution in [2.24, 2.45) is 0 Å². The van der Waals surface area contributed by atoms with E-state index < -0.39 is 0 Å². The molecule has 1 aliphatic heterocycles. The molecular weight excluding hydrogens is 239 g/mol. The standard InChI is InChI=1S/C16H17FN2/c1-11-8-12-4-2-3-5-16(12)19(11)10-13-9-14(17)6-7-15(13)18/h2-7,9,11H,8,10,18H2,1H3. The van der Waals surface area contributed by atoms with E-state index in [9.17, 15) is 4.39 Å². The maximum absolute atomic E-state index is 13.3. The van der Waals surface area contributed by atoms with Crippen LogP contribution in [0, 0.1) is 5.82 Å². The molecule has 0 fully saturated rings. The van der Waals surface area contributed by atoms with Gasteiger partial charge in [0.05, 0.1) is 0 Å². The zero-order valence-corrected chi connectivity index (χ0v) is 10.9. The number of rotatable bonds is 2. The summed E-state index contributed by atoms with van der Waals surface area (Å²) >= 11 is 0. The molecule has 3 rings (SSSR count). The number of fused-ring (bicyclic) bond motifs is 1. The first-order valence-corrected chi connectivity index (χ1v) is 6.53. The lowest BCUT2D eigenvalue weighted by Gasteiger charge is -2.25. The van der Waals surface area contributed by atoms with Gasteiger partial charge in [0.25, 0.3) is 0 Å². The first-order valence-electron chi connectivity index (χ1n) is 6.53. The predicted molar refractivity (Wildman–Crippen MR) is 76.6 cm³/mol. The van der Waals surface area contributed by atoms with Gasteiger partial charge in [-0.2, -0.15) is 0 Å². The molecule has 1 atom stereocenters. The SMILES string of the molecule is CC1Cc2ccccc2N1Cc1cc(F)ccc1N. The summed E-state index contributed by atoms with van der Waals surface area (Å²) in [6, 6.07) is 13.4. The van der Waals surface area contributed by atoms with Crippen LogP contribution in [0.3, 0.4) is 0 Å². The van der Waals surface area contributed by atoms with Crippen LogP contribution in [0.4, 0.5) is 15.8 Å². The van der Waals surface area contributed by atoms with Gasteiger partial charge in [-0.1, -0.05) is 18.2 Å². The van der Waals surface area contributed by atoms with Crippen molar-refractivity contribution in [3.8, 4) is 0 Å². The van der Waals surface area contributed by atoms with Gasteiger partial charge in [0, 0.05) is 24.0 Å². The quantitative estimate of drug-likeness (QED) is 0.835. The Balaban J connectivity index is 1.93. The van der Waals surface area contributed by atoms with Gasteiger partial charge < -0.3 is 10.6 Å². The minimum absolute atomic E-state index is 0.232. The second-order valence-corrected chi connectivity index (χ2v) is 5.15. The molecule has 2 aromatic carbocycles. The zero-order chi connectivity index (χ0) is 13.4. The minimum Gasteiger partial charge on any atom is -0.398 e. The number of anilines is 2. The number of nitrogens with two attached hydrogens (primary N) is 1. The molecule has 1 unspecified atom stereocenters. The molecule has 2 N–H and O–H groups in total. The number of benzene rings is 2. The van der Waals surface area contributed by atoms with Crippen LogP contribution in [0.1, 0.15) is 18.1 Å². The van der Waals surface area contributed by atoms with E-state index in [2.05, 4.69) is 30.0 Å². The van der Waals surface area contributed by atoms with Gasteiger partial charge in [-0.15, -0.1) is 0 Å². The van der Waals surface area contributed by atoms with Gasteiger partial charge in [-0.3, -0.25) is 0 Å². The number of para-hydroxylation sites is 1. The fourth-order valence-electron chi connectivity index (χ4n) is 2.77. The molecule has 2 aromatic rings. The van der Waals surface area contributed by atoms with Crippen molar-refractivity contribution >= 4 is 11.4 Å². The van der Waals surface area contributed by atoms with Crippen LogP contribution >= 0.6 is 0 Å². The minimum atomic E-state index is -0.232. The molecule has 0 saturated carbocycles. The van der Waals surface area contributed by atoms with E-state index in [1.807, 2.05) is 6.07 Å². The van der Waals surface area contributed by atoms with E-state index in [4.69, 9.17) is 5.73 Å². The molecule has 19 heavy (non-hydrogen) atoms. The molecule has 0 amide bonds. The van der Waals surface area contributed by atoms with E-state index in [1.54, 1.807) is 6.07 Å². The average molecular weight is 256 g/mol. The van der Waals surface area contributed by atoms with E-state index in [-0.39, 0.29) is 5.82 Å². The van der Waals surface area contributed by atoms with Crippen LogP contribution in [0.5, 0.6) is 0 Å². The lowest BCUT2D eigenvalue weighted by atomic mass is 10.1. The zero-order valence-electron chi connectivity index (χ0n) is 10.9. The Morgan fingerprint density at radius 1 is 1.26 bits per heavy atom. The molecule has 3 heteroatoms. The number of nitrogens with zero attached hydrogens (tertiary/aromatic N) is 1. The first kappa shape index (κ1) is 12.0. The Bertz CT molecular complexity index is 609. The van der Waals surface area contributed by atoms with Crippen molar-refractivity contribution in [1.82, 2.24) is 0 Å². The van der Waals surface area contributed by atoms with E-state index >= 15 is 0 Å². The summed E-state index contributed by atoms with van der Waals surface area (Å²) < 4.78 is 13.3. The van der Waals surface area contributed by atoms with Gasteiger partial charge in [0.2, 0.25) is 0 Å². The lowest BCUT2D eigenvalue weighted by molar-refractivity contribution is 0.621. The normalized spacial score (nSPS) is 17.6. The molecule has 0 radical (unpaired) electrons. The Morgan fingerprint density at radius 2 is 2.05 bits per heavy atom. The van der Waals surface area contributed by atoms with Crippen molar-refractivity contribution in [3.63, 3.8) is 0 Å². The van der Waals surface area contributed by atoms with E-state index in [1.165, 1.54) is 23.4 Å². The first-order chi connectivity index (χ1) is 9.15. The van der Waals surface area contributed by atoms with Crippen molar-refractivity contribution in [3.05, 3.63) is 59.4 Å². The van der Waals surface area contributed by atoms with Crippen molar-refractivity contribution in [1.29, 1.82) is 0 Å². The number of nitrogen functional groups attached to an aromatic ring is 1. The fourth-order valence-corrected chi connectivity index (χ4v) is 2.77. The van der Waals surface area contributed by atoms with Gasteiger partial charge in [0.1, 0.15) is 5.82 Å². The lowest BCUT2D eigenvalue weighted by Crippen LogP contribution is -2.29. The summed E-state index contributed by atoms with van der Waals surface area (Å²) in [5.41, 5.74) is 10.0. The molecule has 2 nitrogen and oxygen atoms in total. The van der Waals surface area contributed by atoms with Gasteiger partial charge in [-0.25, -0.2) is 4.39 Å². The van der Waals surface area contributed by atoms with Crippen LogP contribution < -0.4 is 10.6 Å². The summed E-state index contributed by atoms with van der Waals surface area (Å²) in [6.07, 6.45) is 1.03. The summed E-state index contributed by atoms with van der Waals surface area (Å²) in [4.78, 5) is 2.29. The maximum Gasteiger partial charge on any atom is 0.123 e. The van der Waals surface area contributed by atoms with Crippen molar-refractivity contribution in [2.75, 3.05) is 10.6 Å². The van der Waals surface area contributed by atoms with Crippen LogP contribution in [0.2, 0.25) is 0 Å².